The van der Waals surface area contributed by atoms with Gasteiger partial charge in [-0.2, -0.15) is 5.10 Å². The van der Waals surface area contributed by atoms with Crippen molar-refractivity contribution < 1.29 is 0 Å². The molecule has 0 aliphatic carbocycles. The Morgan fingerprint density at radius 3 is 2.25 bits per heavy atom. The Morgan fingerprint density at radius 2 is 1.60 bits per heavy atom. The zero-order chi connectivity index (χ0) is 13.9. The van der Waals surface area contributed by atoms with Crippen LogP contribution in [-0.4, -0.2) is 10.2 Å². The number of nitrogens with two attached hydrogens (primary N) is 1. The van der Waals surface area contributed by atoms with E-state index in [1.165, 1.54) is 5.56 Å². The van der Waals surface area contributed by atoms with Gasteiger partial charge < -0.3 is 5.73 Å². The van der Waals surface area contributed by atoms with Crippen molar-refractivity contribution in [3.8, 4) is 22.5 Å². The summed E-state index contributed by atoms with van der Waals surface area (Å²) in [5.41, 5.74) is 12.2. The molecule has 0 aliphatic heterocycles. The zero-order valence-corrected chi connectivity index (χ0v) is 11.4. The molecule has 3 N–H and O–H groups in total. The van der Waals surface area contributed by atoms with E-state index in [9.17, 15) is 0 Å². The third kappa shape index (κ3) is 2.49. The minimum Gasteiger partial charge on any atom is -0.326 e. The molecule has 3 heteroatoms. The lowest BCUT2D eigenvalue weighted by atomic mass is 10.1. The smallest absolute Gasteiger partial charge is 0.0927 e. The highest BCUT2D eigenvalue weighted by Crippen LogP contribution is 2.24. The fourth-order valence-corrected chi connectivity index (χ4v) is 2.16. The second kappa shape index (κ2) is 5.31. The molecule has 100 valence electrons. The van der Waals surface area contributed by atoms with E-state index < -0.39 is 0 Å². The van der Waals surface area contributed by atoms with Crippen LogP contribution in [0.2, 0.25) is 0 Å². The molecule has 0 aliphatic rings. The summed E-state index contributed by atoms with van der Waals surface area (Å²) in [4.78, 5) is 0. The molecule has 0 unspecified atom stereocenters. The second-order valence-corrected chi connectivity index (χ2v) is 4.93. The van der Waals surface area contributed by atoms with Crippen LogP contribution in [-0.2, 0) is 6.54 Å². The van der Waals surface area contributed by atoms with Crippen LogP contribution in [0.15, 0.2) is 54.6 Å². The van der Waals surface area contributed by atoms with E-state index in [-0.39, 0.29) is 0 Å². The summed E-state index contributed by atoms with van der Waals surface area (Å²) in [6.45, 7) is 2.65. The summed E-state index contributed by atoms with van der Waals surface area (Å²) < 4.78 is 0. The normalized spacial score (nSPS) is 10.7. The van der Waals surface area contributed by atoms with Crippen LogP contribution < -0.4 is 5.73 Å². The van der Waals surface area contributed by atoms with Crippen molar-refractivity contribution in [2.45, 2.75) is 13.5 Å². The molecule has 0 radical (unpaired) electrons. The van der Waals surface area contributed by atoms with Gasteiger partial charge in [-0.25, -0.2) is 0 Å². The molecule has 3 nitrogen and oxygen atoms in total. The number of hydrogen-bond acceptors (Lipinski definition) is 2. The highest BCUT2D eigenvalue weighted by atomic mass is 15.1. The van der Waals surface area contributed by atoms with Gasteiger partial charge in [0.05, 0.1) is 11.4 Å². The van der Waals surface area contributed by atoms with Crippen LogP contribution in [0, 0.1) is 6.92 Å². The van der Waals surface area contributed by atoms with E-state index in [1.54, 1.807) is 0 Å². The maximum absolute atomic E-state index is 5.61. The molecule has 3 aromatic rings. The lowest BCUT2D eigenvalue weighted by Gasteiger charge is -1.99. The molecular formula is C17H17N3. The number of nitrogens with one attached hydrogen (secondary N) is 1. The van der Waals surface area contributed by atoms with Gasteiger partial charge in [-0.3, -0.25) is 5.10 Å². The van der Waals surface area contributed by atoms with Gasteiger partial charge in [-0.1, -0.05) is 54.1 Å². The first kappa shape index (κ1) is 12.6. The average molecular weight is 263 g/mol. The summed E-state index contributed by atoms with van der Waals surface area (Å²) >= 11 is 0. The number of hydrogen-bond donors (Lipinski definition) is 2. The molecule has 0 spiro atoms. The number of rotatable bonds is 3. The summed E-state index contributed by atoms with van der Waals surface area (Å²) in [5.74, 6) is 0. The largest absolute Gasteiger partial charge is 0.326 e. The van der Waals surface area contributed by atoms with Crippen molar-refractivity contribution in [1.29, 1.82) is 0 Å². The summed E-state index contributed by atoms with van der Waals surface area (Å²) in [7, 11) is 0. The van der Waals surface area contributed by atoms with Gasteiger partial charge in [0.25, 0.3) is 0 Å². The van der Waals surface area contributed by atoms with Crippen LogP contribution in [0.3, 0.4) is 0 Å². The van der Waals surface area contributed by atoms with Gasteiger partial charge >= 0.3 is 0 Å². The second-order valence-electron chi connectivity index (χ2n) is 4.93. The van der Waals surface area contributed by atoms with E-state index in [0.29, 0.717) is 6.54 Å². The van der Waals surface area contributed by atoms with E-state index >= 15 is 0 Å². The lowest BCUT2D eigenvalue weighted by Crippen LogP contribution is -1.95. The van der Waals surface area contributed by atoms with Crippen molar-refractivity contribution in [2.24, 2.45) is 5.73 Å². The molecule has 1 aromatic heterocycles. The Bertz CT molecular complexity index is 694. The van der Waals surface area contributed by atoms with Crippen molar-refractivity contribution in [3.05, 3.63) is 65.7 Å². The molecule has 0 amide bonds. The predicted octanol–water partition coefficient (Wildman–Crippen LogP) is 3.51. The molecule has 1 heterocycles. The molecular weight excluding hydrogens is 246 g/mol. The molecule has 3 rings (SSSR count). The van der Waals surface area contributed by atoms with Gasteiger partial charge in [-0.15, -0.1) is 0 Å². The first-order valence-corrected chi connectivity index (χ1v) is 6.68. The van der Waals surface area contributed by atoms with Gasteiger partial charge in [0.15, 0.2) is 0 Å². The summed E-state index contributed by atoms with van der Waals surface area (Å²) in [6, 6.07) is 18.7. The minimum absolute atomic E-state index is 0.565. The van der Waals surface area contributed by atoms with E-state index in [4.69, 9.17) is 5.73 Å². The Kier molecular flexibility index (Phi) is 3.35. The van der Waals surface area contributed by atoms with Crippen molar-refractivity contribution in [1.82, 2.24) is 10.2 Å². The third-order valence-electron chi connectivity index (χ3n) is 3.43. The number of aromatic amines is 1. The number of H-pyrrole nitrogens is 1. The Labute approximate surface area is 118 Å². The van der Waals surface area contributed by atoms with Crippen molar-refractivity contribution >= 4 is 0 Å². The monoisotopic (exact) mass is 263 g/mol. The molecule has 0 bridgehead atoms. The van der Waals surface area contributed by atoms with Gasteiger partial charge in [0, 0.05) is 12.1 Å². The number of aromatic nitrogens is 2. The lowest BCUT2D eigenvalue weighted by molar-refractivity contribution is 1.07. The van der Waals surface area contributed by atoms with Gasteiger partial charge in [0.1, 0.15) is 0 Å². The molecule has 0 fully saturated rings. The van der Waals surface area contributed by atoms with Crippen LogP contribution in [0.4, 0.5) is 0 Å². The maximum atomic E-state index is 5.61. The Hall–Kier alpha value is -2.39. The van der Waals surface area contributed by atoms with Crippen molar-refractivity contribution in [2.75, 3.05) is 0 Å². The number of benzene rings is 2. The minimum atomic E-state index is 0.565. The fraction of sp³-hybridized carbons (Fsp3) is 0.118. The summed E-state index contributed by atoms with van der Waals surface area (Å²) in [6.07, 6.45) is 0. The molecule has 0 saturated carbocycles. The van der Waals surface area contributed by atoms with E-state index in [2.05, 4.69) is 59.6 Å². The topological polar surface area (TPSA) is 54.7 Å². The van der Waals surface area contributed by atoms with E-state index in [0.717, 1.165) is 28.1 Å². The maximum Gasteiger partial charge on any atom is 0.0927 e. The van der Waals surface area contributed by atoms with Gasteiger partial charge in [-0.05, 0) is 24.1 Å². The molecule has 0 saturated heterocycles. The quantitative estimate of drug-likeness (QED) is 0.759. The van der Waals surface area contributed by atoms with Crippen LogP contribution >= 0.6 is 0 Å². The third-order valence-corrected chi connectivity index (χ3v) is 3.43. The Balaban J connectivity index is 1.91. The highest BCUT2D eigenvalue weighted by molar-refractivity contribution is 5.68. The average Bonchev–Trinajstić information content (AvgIpc) is 2.98. The van der Waals surface area contributed by atoms with Crippen LogP contribution in [0.1, 0.15) is 11.1 Å². The van der Waals surface area contributed by atoms with E-state index in [1.807, 2.05) is 12.1 Å². The standard InChI is InChI=1S/C17H17N3/c1-12-2-6-14(7-3-12)16-10-17(20-19-16)15-8-4-13(11-18)5-9-15/h2-10H,11,18H2,1H3,(H,19,20). The Morgan fingerprint density at radius 1 is 0.950 bits per heavy atom. The SMILES string of the molecule is Cc1ccc(-c2cc(-c3ccc(CN)cc3)n[nH]2)cc1. The molecule has 20 heavy (non-hydrogen) atoms. The van der Waals surface area contributed by atoms with Crippen LogP contribution in [0.25, 0.3) is 22.5 Å². The fourth-order valence-electron chi connectivity index (χ4n) is 2.16. The van der Waals surface area contributed by atoms with Crippen molar-refractivity contribution in [3.63, 3.8) is 0 Å². The predicted molar refractivity (Wildman–Crippen MR) is 82.1 cm³/mol. The molecule has 0 atom stereocenters. The summed E-state index contributed by atoms with van der Waals surface area (Å²) in [5, 5.41) is 7.48. The molecule has 2 aromatic carbocycles. The number of aryl methyl sites for hydroxylation is 1. The zero-order valence-electron chi connectivity index (χ0n) is 11.4. The van der Waals surface area contributed by atoms with Gasteiger partial charge in [0.2, 0.25) is 0 Å². The number of nitrogens with zero attached hydrogens (tertiary/aromatic N) is 1. The van der Waals surface area contributed by atoms with Crippen LogP contribution in [0.5, 0.6) is 0 Å². The first-order chi connectivity index (χ1) is 9.76. The first-order valence-electron chi connectivity index (χ1n) is 6.68. The highest BCUT2D eigenvalue weighted by Gasteiger charge is 2.05.